The summed E-state index contributed by atoms with van der Waals surface area (Å²) in [6.45, 7) is 0. The van der Waals surface area contributed by atoms with Crippen LogP contribution in [0.4, 0.5) is 13.2 Å². The molecule has 1 nitrogen and oxygen atoms in total. The Hall–Kier alpha value is -2.23. The van der Waals surface area contributed by atoms with E-state index in [2.05, 4.69) is 0 Å². The van der Waals surface area contributed by atoms with E-state index < -0.39 is 17.5 Å². The average molecular weight is 248 g/mol. The Morgan fingerprint density at radius 1 is 0.833 bits per heavy atom. The fourth-order valence-corrected chi connectivity index (χ4v) is 1.85. The minimum Gasteiger partial charge on any atom is -0.453 e. The molecule has 0 unspecified atom stereocenters. The summed E-state index contributed by atoms with van der Waals surface area (Å²) < 4.78 is 45.1. The molecule has 0 aliphatic rings. The Kier molecular flexibility index (Phi) is 2.37. The Morgan fingerprint density at radius 2 is 1.67 bits per heavy atom. The van der Waals surface area contributed by atoms with Crippen LogP contribution in [-0.2, 0) is 0 Å². The highest BCUT2D eigenvalue weighted by Gasteiger charge is 2.13. The standard InChI is InChI=1S/C14H7F3O/c15-9-4-5-10(12(17)7-9)13-6-8-2-1-3-11(16)14(8)18-13/h1-7H. The molecule has 3 rings (SSSR count). The Morgan fingerprint density at radius 3 is 2.39 bits per heavy atom. The number of benzene rings is 2. The summed E-state index contributed by atoms with van der Waals surface area (Å²) in [5, 5.41) is 0.536. The largest absolute Gasteiger partial charge is 0.453 e. The van der Waals surface area contributed by atoms with E-state index >= 15 is 0 Å². The first kappa shape index (κ1) is 10.9. The number of fused-ring (bicyclic) bond motifs is 1. The van der Waals surface area contributed by atoms with Crippen molar-refractivity contribution in [2.75, 3.05) is 0 Å². The summed E-state index contributed by atoms with van der Waals surface area (Å²) >= 11 is 0. The molecule has 0 aliphatic heterocycles. The Labute approximate surface area is 100 Å². The molecule has 4 heteroatoms. The van der Waals surface area contributed by atoms with Crippen molar-refractivity contribution in [3.05, 3.63) is 59.9 Å². The zero-order valence-electron chi connectivity index (χ0n) is 9.08. The van der Waals surface area contributed by atoms with Gasteiger partial charge < -0.3 is 4.42 Å². The highest BCUT2D eigenvalue weighted by molar-refractivity contribution is 5.83. The van der Waals surface area contributed by atoms with Gasteiger partial charge in [0.15, 0.2) is 11.4 Å². The molecule has 0 spiro atoms. The maximum Gasteiger partial charge on any atom is 0.170 e. The zero-order valence-corrected chi connectivity index (χ0v) is 9.08. The monoisotopic (exact) mass is 248 g/mol. The lowest BCUT2D eigenvalue weighted by Crippen LogP contribution is -1.83. The van der Waals surface area contributed by atoms with Gasteiger partial charge in [-0.15, -0.1) is 0 Å². The van der Waals surface area contributed by atoms with Gasteiger partial charge in [0.05, 0.1) is 5.56 Å². The van der Waals surface area contributed by atoms with E-state index in [1.54, 1.807) is 6.07 Å². The van der Waals surface area contributed by atoms with Crippen molar-refractivity contribution < 1.29 is 17.6 Å². The predicted molar refractivity (Wildman–Crippen MR) is 61.5 cm³/mol. The lowest BCUT2D eigenvalue weighted by Gasteiger charge is -1.98. The second-order valence-electron chi connectivity index (χ2n) is 3.89. The van der Waals surface area contributed by atoms with E-state index in [-0.39, 0.29) is 16.9 Å². The van der Waals surface area contributed by atoms with E-state index in [1.807, 2.05) is 0 Å². The summed E-state index contributed by atoms with van der Waals surface area (Å²) in [5.74, 6) is -1.75. The second-order valence-corrected chi connectivity index (χ2v) is 3.89. The van der Waals surface area contributed by atoms with Crippen molar-refractivity contribution in [3.8, 4) is 11.3 Å². The molecule has 0 amide bonds. The van der Waals surface area contributed by atoms with E-state index in [4.69, 9.17) is 4.42 Å². The first-order valence-electron chi connectivity index (χ1n) is 5.28. The smallest absolute Gasteiger partial charge is 0.170 e. The third-order valence-electron chi connectivity index (χ3n) is 2.69. The van der Waals surface area contributed by atoms with Gasteiger partial charge in [-0.3, -0.25) is 0 Å². The quantitative estimate of drug-likeness (QED) is 0.617. The SMILES string of the molecule is Fc1ccc(-c2cc3cccc(F)c3o2)c(F)c1. The van der Waals surface area contributed by atoms with Crippen LogP contribution in [0, 0.1) is 17.5 Å². The van der Waals surface area contributed by atoms with Crippen molar-refractivity contribution >= 4 is 11.0 Å². The number of hydrogen-bond donors (Lipinski definition) is 0. The molecule has 2 aromatic carbocycles. The van der Waals surface area contributed by atoms with Crippen molar-refractivity contribution in [3.63, 3.8) is 0 Å². The Balaban J connectivity index is 2.23. The molecule has 0 fully saturated rings. The molecule has 0 aliphatic carbocycles. The third-order valence-corrected chi connectivity index (χ3v) is 2.69. The van der Waals surface area contributed by atoms with Crippen LogP contribution in [-0.4, -0.2) is 0 Å². The summed E-state index contributed by atoms with van der Waals surface area (Å²) in [5.41, 5.74) is 0.170. The zero-order chi connectivity index (χ0) is 12.7. The minimum absolute atomic E-state index is 0.0659. The molecule has 0 N–H and O–H groups in total. The lowest BCUT2D eigenvalue weighted by molar-refractivity contribution is 0.557. The summed E-state index contributed by atoms with van der Waals surface area (Å²) in [4.78, 5) is 0. The van der Waals surface area contributed by atoms with Crippen LogP contribution in [0.1, 0.15) is 0 Å². The molecule has 90 valence electrons. The molecule has 1 aromatic heterocycles. The van der Waals surface area contributed by atoms with Crippen LogP contribution in [0.25, 0.3) is 22.3 Å². The normalized spacial score (nSPS) is 11.1. The van der Waals surface area contributed by atoms with E-state index in [9.17, 15) is 13.2 Å². The molecule has 0 saturated carbocycles. The Bertz CT molecular complexity index is 731. The highest BCUT2D eigenvalue weighted by atomic mass is 19.1. The topological polar surface area (TPSA) is 13.1 Å². The number of para-hydroxylation sites is 1. The van der Waals surface area contributed by atoms with Gasteiger partial charge in [0.25, 0.3) is 0 Å². The van der Waals surface area contributed by atoms with Gasteiger partial charge >= 0.3 is 0 Å². The highest BCUT2D eigenvalue weighted by Crippen LogP contribution is 2.30. The summed E-state index contributed by atoms with van der Waals surface area (Å²) in [6.07, 6.45) is 0. The van der Waals surface area contributed by atoms with Gasteiger partial charge in [-0.05, 0) is 24.3 Å². The van der Waals surface area contributed by atoms with Gasteiger partial charge in [0.2, 0.25) is 0 Å². The number of hydrogen-bond acceptors (Lipinski definition) is 1. The predicted octanol–water partition coefficient (Wildman–Crippen LogP) is 4.52. The van der Waals surface area contributed by atoms with Crippen LogP contribution in [0.5, 0.6) is 0 Å². The van der Waals surface area contributed by atoms with Crippen molar-refractivity contribution in [2.24, 2.45) is 0 Å². The molecule has 18 heavy (non-hydrogen) atoms. The molecule has 0 bridgehead atoms. The van der Waals surface area contributed by atoms with Crippen molar-refractivity contribution in [2.45, 2.75) is 0 Å². The first-order valence-corrected chi connectivity index (χ1v) is 5.28. The van der Waals surface area contributed by atoms with E-state index in [0.29, 0.717) is 5.39 Å². The molecular formula is C14H7F3O. The molecule has 0 saturated heterocycles. The minimum atomic E-state index is -0.741. The van der Waals surface area contributed by atoms with E-state index in [0.717, 1.165) is 12.1 Å². The van der Waals surface area contributed by atoms with Gasteiger partial charge in [-0.1, -0.05) is 12.1 Å². The number of rotatable bonds is 1. The fraction of sp³-hybridized carbons (Fsp3) is 0. The maximum atomic E-state index is 13.6. The number of furan rings is 1. The molecule has 0 radical (unpaired) electrons. The van der Waals surface area contributed by atoms with Crippen LogP contribution in [0.15, 0.2) is 46.9 Å². The molecule has 1 heterocycles. The third kappa shape index (κ3) is 1.66. The fourth-order valence-electron chi connectivity index (χ4n) is 1.85. The summed E-state index contributed by atoms with van der Waals surface area (Å²) in [7, 11) is 0. The van der Waals surface area contributed by atoms with Crippen LogP contribution >= 0.6 is 0 Å². The number of halogens is 3. The van der Waals surface area contributed by atoms with Crippen molar-refractivity contribution in [1.82, 2.24) is 0 Å². The lowest BCUT2D eigenvalue weighted by atomic mass is 10.1. The van der Waals surface area contributed by atoms with Crippen LogP contribution in [0.3, 0.4) is 0 Å². The molecule has 3 aromatic rings. The van der Waals surface area contributed by atoms with Gasteiger partial charge in [0.1, 0.15) is 17.4 Å². The van der Waals surface area contributed by atoms with Crippen molar-refractivity contribution in [1.29, 1.82) is 0 Å². The molecule has 0 atom stereocenters. The van der Waals surface area contributed by atoms with Crippen LogP contribution in [0.2, 0.25) is 0 Å². The second kappa shape index (κ2) is 3.91. The summed E-state index contributed by atoms with van der Waals surface area (Å²) in [6, 6.07) is 9.14. The van der Waals surface area contributed by atoms with Crippen LogP contribution < -0.4 is 0 Å². The van der Waals surface area contributed by atoms with Gasteiger partial charge in [0, 0.05) is 11.5 Å². The van der Waals surface area contributed by atoms with E-state index in [1.165, 1.54) is 24.3 Å². The maximum absolute atomic E-state index is 13.6. The van der Waals surface area contributed by atoms with Gasteiger partial charge in [-0.25, -0.2) is 13.2 Å². The average Bonchev–Trinajstić information content (AvgIpc) is 2.74. The first-order chi connectivity index (χ1) is 8.65. The van der Waals surface area contributed by atoms with Gasteiger partial charge in [-0.2, -0.15) is 0 Å². The molecular weight excluding hydrogens is 241 g/mol.